The molecule has 0 saturated heterocycles. The molecular formula is C9H21NO2. The van der Waals surface area contributed by atoms with Crippen LogP contribution in [0.1, 0.15) is 34.1 Å². The van der Waals surface area contributed by atoms with Gasteiger partial charge in [-0.25, -0.2) is 0 Å². The molecular weight excluding hydrogens is 154 g/mol. The summed E-state index contributed by atoms with van der Waals surface area (Å²) in [6, 6.07) is 0. The first-order valence-electron chi connectivity index (χ1n) is 4.39. The van der Waals surface area contributed by atoms with Gasteiger partial charge in [-0.15, -0.1) is 0 Å². The van der Waals surface area contributed by atoms with E-state index in [-0.39, 0.29) is 12.1 Å². The monoisotopic (exact) mass is 175 g/mol. The Kier molecular flexibility index (Phi) is 4.17. The van der Waals surface area contributed by atoms with Crippen molar-refractivity contribution in [2.75, 3.05) is 13.2 Å². The van der Waals surface area contributed by atoms with Gasteiger partial charge in [-0.05, 0) is 40.7 Å². The Hall–Kier alpha value is -0.120. The number of nitrogens with one attached hydrogen (secondary N) is 1. The average Bonchev–Trinajstić information content (AvgIpc) is 1.85. The van der Waals surface area contributed by atoms with Gasteiger partial charge in [0.1, 0.15) is 0 Å². The topological polar surface area (TPSA) is 52.5 Å². The minimum absolute atomic E-state index is 0.189. The third-order valence-corrected chi connectivity index (χ3v) is 2.43. The lowest BCUT2D eigenvalue weighted by Gasteiger charge is -2.38. The summed E-state index contributed by atoms with van der Waals surface area (Å²) in [5.74, 6) is 0. The van der Waals surface area contributed by atoms with E-state index in [4.69, 9.17) is 5.11 Å². The van der Waals surface area contributed by atoms with Crippen LogP contribution in [-0.2, 0) is 0 Å². The van der Waals surface area contributed by atoms with Crippen LogP contribution in [0.5, 0.6) is 0 Å². The van der Waals surface area contributed by atoms with Crippen molar-refractivity contribution in [3.63, 3.8) is 0 Å². The van der Waals surface area contributed by atoms with E-state index in [2.05, 4.69) is 5.32 Å². The molecule has 3 N–H and O–H groups in total. The molecule has 12 heavy (non-hydrogen) atoms. The minimum Gasteiger partial charge on any atom is -0.396 e. The molecule has 0 bridgehead atoms. The highest BCUT2D eigenvalue weighted by molar-refractivity contribution is 4.93. The lowest BCUT2D eigenvalue weighted by atomic mass is 9.86. The summed E-state index contributed by atoms with van der Waals surface area (Å²) in [5, 5.41) is 21.5. The molecule has 0 aliphatic carbocycles. The van der Waals surface area contributed by atoms with Crippen molar-refractivity contribution in [3.05, 3.63) is 0 Å². The van der Waals surface area contributed by atoms with Crippen LogP contribution in [-0.4, -0.2) is 34.5 Å². The predicted molar refractivity (Wildman–Crippen MR) is 50.1 cm³/mol. The zero-order valence-electron chi connectivity index (χ0n) is 8.52. The summed E-state index contributed by atoms with van der Waals surface area (Å²) in [6.07, 6.45) is 0.722. The molecule has 3 heteroatoms. The standard InChI is InChI=1S/C9H21NO2/c1-8(2,9(3,4)12)10-6-5-7-11/h10-12H,5-7H2,1-4H3. The van der Waals surface area contributed by atoms with Gasteiger partial charge in [0.2, 0.25) is 0 Å². The van der Waals surface area contributed by atoms with Crippen LogP contribution in [0.2, 0.25) is 0 Å². The Labute approximate surface area is 74.8 Å². The molecule has 0 spiro atoms. The van der Waals surface area contributed by atoms with E-state index < -0.39 is 5.60 Å². The molecule has 0 aromatic heterocycles. The highest BCUT2D eigenvalue weighted by atomic mass is 16.3. The van der Waals surface area contributed by atoms with Crippen molar-refractivity contribution < 1.29 is 10.2 Å². The first kappa shape index (κ1) is 11.9. The molecule has 0 saturated carbocycles. The van der Waals surface area contributed by atoms with Crippen molar-refractivity contribution in [1.29, 1.82) is 0 Å². The summed E-state index contributed by atoms with van der Waals surface area (Å²) in [6.45, 7) is 8.37. The van der Waals surface area contributed by atoms with Crippen LogP contribution in [0, 0.1) is 0 Å². The second-order valence-electron chi connectivity index (χ2n) is 4.19. The molecule has 0 heterocycles. The van der Waals surface area contributed by atoms with Gasteiger partial charge in [-0.1, -0.05) is 0 Å². The summed E-state index contributed by atoms with van der Waals surface area (Å²) >= 11 is 0. The first-order chi connectivity index (χ1) is 5.31. The summed E-state index contributed by atoms with van der Waals surface area (Å²) < 4.78 is 0. The summed E-state index contributed by atoms with van der Waals surface area (Å²) in [7, 11) is 0. The smallest absolute Gasteiger partial charge is 0.0767 e. The predicted octanol–water partition coefficient (Wildman–Crippen LogP) is 0.508. The van der Waals surface area contributed by atoms with Gasteiger partial charge in [0.25, 0.3) is 0 Å². The Bertz CT molecular complexity index is 127. The molecule has 0 fully saturated rings. The van der Waals surface area contributed by atoms with Crippen LogP contribution >= 0.6 is 0 Å². The van der Waals surface area contributed by atoms with E-state index in [1.807, 2.05) is 13.8 Å². The number of hydrogen-bond donors (Lipinski definition) is 3. The van der Waals surface area contributed by atoms with Gasteiger partial charge in [-0.2, -0.15) is 0 Å². The largest absolute Gasteiger partial charge is 0.396 e. The molecule has 0 aromatic rings. The SMILES string of the molecule is CC(C)(O)C(C)(C)NCCCO. The number of aliphatic hydroxyl groups excluding tert-OH is 1. The fraction of sp³-hybridized carbons (Fsp3) is 1.00. The first-order valence-corrected chi connectivity index (χ1v) is 4.39. The van der Waals surface area contributed by atoms with Crippen LogP contribution in [0.15, 0.2) is 0 Å². The van der Waals surface area contributed by atoms with E-state index in [1.54, 1.807) is 13.8 Å². The second-order valence-corrected chi connectivity index (χ2v) is 4.19. The van der Waals surface area contributed by atoms with Crippen LogP contribution in [0.4, 0.5) is 0 Å². The molecule has 0 aromatic carbocycles. The van der Waals surface area contributed by atoms with Crippen molar-refractivity contribution in [3.8, 4) is 0 Å². The molecule has 0 radical (unpaired) electrons. The van der Waals surface area contributed by atoms with E-state index >= 15 is 0 Å². The fourth-order valence-electron chi connectivity index (χ4n) is 0.696. The highest BCUT2D eigenvalue weighted by Crippen LogP contribution is 2.19. The van der Waals surface area contributed by atoms with Crippen molar-refractivity contribution in [2.45, 2.75) is 45.3 Å². The normalized spacial score (nSPS) is 13.5. The fourth-order valence-corrected chi connectivity index (χ4v) is 0.696. The molecule has 0 aliphatic heterocycles. The lowest BCUT2D eigenvalue weighted by Crippen LogP contribution is -2.56. The average molecular weight is 175 g/mol. The Morgan fingerprint density at radius 1 is 1.17 bits per heavy atom. The molecule has 74 valence electrons. The summed E-state index contributed by atoms with van der Waals surface area (Å²) in [5.41, 5.74) is -1.06. The zero-order chi connectivity index (χ0) is 9.83. The summed E-state index contributed by atoms with van der Waals surface area (Å²) in [4.78, 5) is 0. The van der Waals surface area contributed by atoms with Gasteiger partial charge < -0.3 is 15.5 Å². The number of rotatable bonds is 5. The highest BCUT2D eigenvalue weighted by Gasteiger charge is 2.33. The molecule has 3 nitrogen and oxygen atoms in total. The van der Waals surface area contributed by atoms with Gasteiger partial charge >= 0.3 is 0 Å². The lowest BCUT2D eigenvalue weighted by molar-refractivity contribution is -0.00482. The molecule has 0 atom stereocenters. The van der Waals surface area contributed by atoms with E-state index in [9.17, 15) is 5.11 Å². The Morgan fingerprint density at radius 3 is 2.00 bits per heavy atom. The Morgan fingerprint density at radius 2 is 1.67 bits per heavy atom. The molecule has 0 unspecified atom stereocenters. The van der Waals surface area contributed by atoms with E-state index in [1.165, 1.54) is 0 Å². The maximum Gasteiger partial charge on any atom is 0.0767 e. The van der Waals surface area contributed by atoms with Gasteiger partial charge in [-0.3, -0.25) is 0 Å². The second kappa shape index (κ2) is 4.21. The van der Waals surface area contributed by atoms with Crippen LogP contribution < -0.4 is 5.32 Å². The third-order valence-electron chi connectivity index (χ3n) is 2.43. The molecule has 0 amide bonds. The Balaban J connectivity index is 3.88. The maximum atomic E-state index is 9.72. The van der Waals surface area contributed by atoms with Crippen molar-refractivity contribution >= 4 is 0 Å². The third kappa shape index (κ3) is 3.52. The van der Waals surface area contributed by atoms with E-state index in [0.717, 1.165) is 13.0 Å². The minimum atomic E-state index is -0.748. The van der Waals surface area contributed by atoms with Gasteiger partial charge in [0.05, 0.1) is 5.60 Å². The van der Waals surface area contributed by atoms with Gasteiger partial charge in [0, 0.05) is 12.1 Å². The number of hydrogen-bond acceptors (Lipinski definition) is 3. The zero-order valence-corrected chi connectivity index (χ0v) is 8.52. The maximum absolute atomic E-state index is 9.72. The van der Waals surface area contributed by atoms with Crippen LogP contribution in [0.3, 0.4) is 0 Å². The van der Waals surface area contributed by atoms with E-state index in [0.29, 0.717) is 0 Å². The molecule has 0 rings (SSSR count). The van der Waals surface area contributed by atoms with Gasteiger partial charge in [0.15, 0.2) is 0 Å². The number of aliphatic hydroxyl groups is 2. The van der Waals surface area contributed by atoms with Crippen molar-refractivity contribution in [1.82, 2.24) is 5.32 Å². The van der Waals surface area contributed by atoms with Crippen LogP contribution in [0.25, 0.3) is 0 Å². The molecule has 0 aliphatic rings. The quantitative estimate of drug-likeness (QED) is 0.534. The van der Waals surface area contributed by atoms with Crippen molar-refractivity contribution in [2.24, 2.45) is 0 Å².